The van der Waals surface area contributed by atoms with Crippen molar-refractivity contribution in [2.24, 2.45) is 0 Å². The molecule has 2 amide bonds. The molecule has 0 unspecified atom stereocenters. The lowest BCUT2D eigenvalue weighted by Gasteiger charge is -2.05. The fourth-order valence-corrected chi connectivity index (χ4v) is 1.76. The van der Waals surface area contributed by atoms with Crippen LogP contribution in [0, 0.1) is 11.3 Å². The fourth-order valence-electron chi connectivity index (χ4n) is 1.64. The first-order valence-electron chi connectivity index (χ1n) is 6.18. The van der Waals surface area contributed by atoms with Crippen LogP contribution in [-0.2, 0) is 0 Å². The Labute approximate surface area is 127 Å². The summed E-state index contributed by atoms with van der Waals surface area (Å²) >= 11 is 5.78. The summed E-state index contributed by atoms with van der Waals surface area (Å²) in [5, 5.41) is 14.8. The van der Waals surface area contributed by atoms with E-state index in [-0.39, 0.29) is 0 Å². The van der Waals surface area contributed by atoms with Crippen molar-refractivity contribution in [3.05, 3.63) is 70.9 Å². The van der Waals surface area contributed by atoms with Gasteiger partial charge in [0.2, 0.25) is 0 Å². The molecule has 0 heterocycles. The zero-order valence-electron chi connectivity index (χ0n) is 11.0. The molecule has 21 heavy (non-hydrogen) atoms. The number of carbonyl (C=O) groups is 1. The number of benzene rings is 2. The van der Waals surface area contributed by atoms with Gasteiger partial charge in [-0.05, 0) is 35.9 Å². The molecule has 0 radical (unpaired) electrons. The molecule has 0 aromatic heterocycles. The lowest BCUT2D eigenvalue weighted by Crippen LogP contribution is -2.24. The molecule has 0 aliphatic carbocycles. The first-order chi connectivity index (χ1) is 10.2. The number of hydrogen-bond acceptors (Lipinski definition) is 2. The van der Waals surface area contributed by atoms with Gasteiger partial charge in [-0.2, -0.15) is 5.26 Å². The van der Waals surface area contributed by atoms with E-state index in [1.165, 1.54) is 6.20 Å². The summed E-state index contributed by atoms with van der Waals surface area (Å²) in [4.78, 5) is 11.7. The number of carbonyl (C=O) groups excluding carboxylic acids is 1. The second kappa shape index (κ2) is 7.13. The maximum absolute atomic E-state index is 11.7. The van der Waals surface area contributed by atoms with E-state index >= 15 is 0 Å². The highest BCUT2D eigenvalue weighted by Gasteiger charge is 2.03. The number of para-hydroxylation sites is 1. The molecule has 2 N–H and O–H groups in total. The number of hydrogen-bond donors (Lipinski definition) is 2. The van der Waals surface area contributed by atoms with Crippen molar-refractivity contribution in [2.75, 3.05) is 5.32 Å². The summed E-state index contributed by atoms with van der Waals surface area (Å²) in [5.74, 6) is 0. The molecule has 0 atom stereocenters. The number of halogens is 1. The van der Waals surface area contributed by atoms with Crippen LogP contribution in [0.3, 0.4) is 0 Å². The Morgan fingerprint density at radius 1 is 1.14 bits per heavy atom. The van der Waals surface area contributed by atoms with Gasteiger partial charge in [0.1, 0.15) is 6.07 Å². The van der Waals surface area contributed by atoms with Crippen molar-refractivity contribution in [3.8, 4) is 6.07 Å². The fraction of sp³-hybridized carbons (Fsp3) is 0. The summed E-state index contributed by atoms with van der Waals surface area (Å²) in [7, 11) is 0. The Morgan fingerprint density at radius 3 is 2.57 bits per heavy atom. The average Bonchev–Trinajstić information content (AvgIpc) is 2.50. The molecule has 0 saturated carbocycles. The van der Waals surface area contributed by atoms with Gasteiger partial charge < -0.3 is 10.6 Å². The molecular formula is C16H12ClN3O. The Balaban J connectivity index is 1.93. The lowest BCUT2D eigenvalue weighted by atomic mass is 10.2. The van der Waals surface area contributed by atoms with E-state index in [4.69, 9.17) is 16.9 Å². The van der Waals surface area contributed by atoms with E-state index in [1.54, 1.807) is 42.5 Å². The molecule has 104 valence electrons. The van der Waals surface area contributed by atoms with Gasteiger partial charge in [0, 0.05) is 11.2 Å². The van der Waals surface area contributed by atoms with Crippen LogP contribution >= 0.6 is 11.6 Å². The molecule has 0 fully saturated rings. The number of anilines is 1. The minimum Gasteiger partial charge on any atom is -0.314 e. The van der Waals surface area contributed by atoms with Gasteiger partial charge in [0.25, 0.3) is 0 Å². The van der Waals surface area contributed by atoms with E-state index < -0.39 is 6.03 Å². The van der Waals surface area contributed by atoms with Crippen LogP contribution in [0.25, 0.3) is 6.08 Å². The third-order valence-corrected chi connectivity index (χ3v) is 2.91. The Morgan fingerprint density at radius 2 is 1.86 bits per heavy atom. The van der Waals surface area contributed by atoms with Crippen LogP contribution in [-0.4, -0.2) is 6.03 Å². The second-order valence-electron chi connectivity index (χ2n) is 4.14. The zero-order chi connectivity index (χ0) is 15.1. The van der Waals surface area contributed by atoms with E-state index in [1.807, 2.05) is 18.2 Å². The summed E-state index contributed by atoms with van der Waals surface area (Å²) < 4.78 is 0. The van der Waals surface area contributed by atoms with Crippen LogP contribution in [0.5, 0.6) is 0 Å². The first kappa shape index (κ1) is 14.6. The van der Waals surface area contributed by atoms with Crippen molar-refractivity contribution in [2.45, 2.75) is 0 Å². The second-order valence-corrected chi connectivity index (χ2v) is 4.58. The molecule has 0 spiro atoms. The van der Waals surface area contributed by atoms with Crippen LogP contribution < -0.4 is 10.6 Å². The van der Waals surface area contributed by atoms with E-state index in [0.29, 0.717) is 16.3 Å². The topological polar surface area (TPSA) is 64.9 Å². The number of nitrogens with one attached hydrogen (secondary N) is 2. The van der Waals surface area contributed by atoms with Gasteiger partial charge in [-0.25, -0.2) is 4.79 Å². The normalized spacial score (nSPS) is 10.1. The summed E-state index contributed by atoms with van der Waals surface area (Å²) in [5.41, 5.74) is 1.80. The van der Waals surface area contributed by atoms with Crippen molar-refractivity contribution < 1.29 is 4.79 Å². The largest absolute Gasteiger partial charge is 0.323 e. The molecule has 0 aliphatic heterocycles. The number of rotatable bonds is 3. The van der Waals surface area contributed by atoms with E-state index in [0.717, 1.165) is 5.56 Å². The van der Waals surface area contributed by atoms with Gasteiger partial charge in [0.15, 0.2) is 0 Å². The Hall–Kier alpha value is -2.77. The number of nitrogens with zero attached hydrogens (tertiary/aromatic N) is 1. The van der Waals surface area contributed by atoms with Crippen LogP contribution in [0.1, 0.15) is 11.1 Å². The van der Waals surface area contributed by atoms with Gasteiger partial charge in [-0.3, -0.25) is 0 Å². The zero-order valence-corrected chi connectivity index (χ0v) is 11.8. The molecule has 2 aromatic rings. The summed E-state index contributed by atoms with van der Waals surface area (Å²) in [6, 6.07) is 15.6. The Bertz CT molecular complexity index is 702. The van der Waals surface area contributed by atoms with E-state index in [9.17, 15) is 4.79 Å². The summed E-state index contributed by atoms with van der Waals surface area (Å²) in [6.07, 6.45) is 3.26. The van der Waals surface area contributed by atoms with Crippen LogP contribution in [0.15, 0.2) is 54.7 Å². The number of urea groups is 1. The first-order valence-corrected chi connectivity index (χ1v) is 6.55. The van der Waals surface area contributed by atoms with E-state index in [2.05, 4.69) is 10.6 Å². The molecule has 0 aliphatic rings. The quantitative estimate of drug-likeness (QED) is 0.899. The van der Waals surface area contributed by atoms with Crippen molar-refractivity contribution in [3.63, 3.8) is 0 Å². The van der Waals surface area contributed by atoms with Crippen LogP contribution in [0.4, 0.5) is 10.5 Å². The molecule has 2 rings (SSSR count). The average molecular weight is 298 g/mol. The van der Waals surface area contributed by atoms with Crippen LogP contribution in [0.2, 0.25) is 5.02 Å². The lowest BCUT2D eigenvalue weighted by molar-refractivity contribution is 0.255. The Kier molecular flexibility index (Phi) is 4.97. The highest BCUT2D eigenvalue weighted by molar-refractivity contribution is 6.30. The SMILES string of the molecule is N#Cc1ccccc1NC(=O)N/C=C/c1ccc(Cl)cc1. The van der Waals surface area contributed by atoms with Crippen molar-refractivity contribution in [1.29, 1.82) is 5.26 Å². The summed E-state index contributed by atoms with van der Waals surface area (Å²) in [6.45, 7) is 0. The maximum atomic E-state index is 11.7. The highest BCUT2D eigenvalue weighted by atomic mass is 35.5. The molecule has 2 aromatic carbocycles. The third-order valence-electron chi connectivity index (χ3n) is 2.66. The smallest absolute Gasteiger partial charge is 0.314 e. The molecule has 0 bridgehead atoms. The van der Waals surface area contributed by atoms with Gasteiger partial charge in [0.05, 0.1) is 11.3 Å². The molecule has 4 nitrogen and oxygen atoms in total. The maximum Gasteiger partial charge on any atom is 0.323 e. The van der Waals surface area contributed by atoms with Gasteiger partial charge in [-0.15, -0.1) is 0 Å². The monoisotopic (exact) mass is 297 g/mol. The molecule has 0 saturated heterocycles. The standard InChI is InChI=1S/C16H12ClN3O/c17-14-7-5-12(6-8-14)9-10-19-16(21)20-15-4-2-1-3-13(15)11-18/h1-10H,(H2,19,20,21)/b10-9+. The minimum absolute atomic E-state index is 0.411. The predicted octanol–water partition coefficient (Wildman–Crippen LogP) is 4.00. The van der Waals surface area contributed by atoms with Gasteiger partial charge in [-0.1, -0.05) is 35.9 Å². The highest BCUT2D eigenvalue weighted by Crippen LogP contribution is 2.13. The number of amides is 2. The van der Waals surface area contributed by atoms with Gasteiger partial charge >= 0.3 is 6.03 Å². The third kappa shape index (κ3) is 4.37. The number of nitriles is 1. The predicted molar refractivity (Wildman–Crippen MR) is 83.8 cm³/mol. The van der Waals surface area contributed by atoms with Crippen molar-refractivity contribution in [1.82, 2.24) is 5.32 Å². The minimum atomic E-state index is -0.414. The molecular weight excluding hydrogens is 286 g/mol. The van der Waals surface area contributed by atoms with Crippen molar-refractivity contribution >= 4 is 29.4 Å². The molecule has 5 heteroatoms.